The molecule has 15 heavy (non-hydrogen) atoms. The van der Waals surface area contributed by atoms with Gasteiger partial charge in [0.05, 0.1) is 10.7 Å². The van der Waals surface area contributed by atoms with E-state index < -0.39 is 0 Å². The highest BCUT2D eigenvalue weighted by molar-refractivity contribution is 9.10. The molecule has 0 unspecified atom stereocenters. The fourth-order valence-corrected chi connectivity index (χ4v) is 1.67. The quantitative estimate of drug-likeness (QED) is 0.884. The second-order valence-corrected chi connectivity index (χ2v) is 4.83. The summed E-state index contributed by atoms with van der Waals surface area (Å²) in [6, 6.07) is 0. The zero-order chi connectivity index (χ0) is 10.7. The van der Waals surface area contributed by atoms with E-state index in [0.717, 1.165) is 16.9 Å². The Morgan fingerprint density at radius 1 is 1.67 bits per heavy atom. The maximum atomic E-state index is 11.4. The molecule has 2 rings (SSSR count). The minimum Gasteiger partial charge on any atom is -0.356 e. The van der Waals surface area contributed by atoms with Gasteiger partial charge in [0.15, 0.2) is 0 Å². The normalized spacial score (nSPS) is 15.3. The molecule has 1 aromatic heterocycles. The maximum absolute atomic E-state index is 11.4. The van der Waals surface area contributed by atoms with E-state index >= 15 is 0 Å². The molecule has 0 radical (unpaired) electrons. The number of carbonyl (C=O) groups is 1. The smallest absolute Gasteiger partial charge is 0.221 e. The van der Waals surface area contributed by atoms with Gasteiger partial charge in [0.25, 0.3) is 0 Å². The van der Waals surface area contributed by atoms with Crippen molar-refractivity contribution >= 4 is 21.8 Å². The summed E-state index contributed by atoms with van der Waals surface area (Å²) in [5.74, 6) is 0.862. The first-order valence-corrected chi connectivity index (χ1v) is 5.98. The highest BCUT2D eigenvalue weighted by atomic mass is 79.9. The molecule has 1 fully saturated rings. The average molecular weight is 272 g/mol. The molecule has 82 valence electrons. The van der Waals surface area contributed by atoms with Crippen LogP contribution in [0.15, 0.2) is 16.9 Å². The van der Waals surface area contributed by atoms with E-state index in [1.807, 2.05) is 6.20 Å². The van der Waals surface area contributed by atoms with Crippen molar-refractivity contribution in [2.24, 2.45) is 5.92 Å². The van der Waals surface area contributed by atoms with Crippen molar-refractivity contribution in [2.75, 3.05) is 6.54 Å². The predicted molar refractivity (Wildman–Crippen MR) is 60.3 cm³/mol. The van der Waals surface area contributed by atoms with Crippen LogP contribution in [0.4, 0.5) is 0 Å². The average Bonchev–Trinajstić information content (AvgIpc) is 2.95. The minimum atomic E-state index is 0.119. The molecule has 1 N–H and O–H groups in total. The van der Waals surface area contributed by atoms with Crippen molar-refractivity contribution in [1.82, 2.24) is 15.1 Å². The molecule has 5 heteroatoms. The van der Waals surface area contributed by atoms with Gasteiger partial charge in [-0.1, -0.05) is 0 Å². The summed E-state index contributed by atoms with van der Waals surface area (Å²) in [4.78, 5) is 11.4. The fraction of sp³-hybridized carbons (Fsp3) is 0.600. The van der Waals surface area contributed by atoms with Crippen molar-refractivity contribution in [2.45, 2.75) is 25.8 Å². The monoisotopic (exact) mass is 271 g/mol. The third-order valence-electron chi connectivity index (χ3n) is 2.45. The molecule has 1 aliphatic rings. The van der Waals surface area contributed by atoms with Gasteiger partial charge in [0.2, 0.25) is 5.91 Å². The van der Waals surface area contributed by atoms with Crippen LogP contribution in [-0.2, 0) is 11.3 Å². The van der Waals surface area contributed by atoms with E-state index in [2.05, 4.69) is 26.3 Å². The Morgan fingerprint density at radius 3 is 3.07 bits per heavy atom. The molecule has 1 amide bonds. The van der Waals surface area contributed by atoms with Crippen LogP contribution in [0, 0.1) is 5.92 Å². The van der Waals surface area contributed by atoms with E-state index in [1.165, 1.54) is 12.8 Å². The van der Waals surface area contributed by atoms with Gasteiger partial charge in [0, 0.05) is 25.7 Å². The number of carbonyl (C=O) groups excluding carboxylic acids is 1. The van der Waals surface area contributed by atoms with Crippen LogP contribution in [0.3, 0.4) is 0 Å². The lowest BCUT2D eigenvalue weighted by Crippen LogP contribution is -2.26. The first kappa shape index (κ1) is 10.7. The van der Waals surface area contributed by atoms with Crippen molar-refractivity contribution in [3.8, 4) is 0 Å². The minimum absolute atomic E-state index is 0.119. The van der Waals surface area contributed by atoms with E-state index in [0.29, 0.717) is 13.0 Å². The lowest BCUT2D eigenvalue weighted by molar-refractivity contribution is -0.121. The molecule has 1 aromatic rings. The van der Waals surface area contributed by atoms with Crippen LogP contribution in [-0.4, -0.2) is 22.2 Å². The Hall–Kier alpha value is -0.840. The van der Waals surface area contributed by atoms with Gasteiger partial charge in [-0.15, -0.1) is 0 Å². The molecule has 0 spiro atoms. The van der Waals surface area contributed by atoms with Gasteiger partial charge in [-0.25, -0.2) is 0 Å². The molecule has 0 aliphatic heterocycles. The molecule has 0 atom stereocenters. The number of hydrogen-bond donors (Lipinski definition) is 1. The van der Waals surface area contributed by atoms with Gasteiger partial charge in [-0.3, -0.25) is 9.48 Å². The number of nitrogens with one attached hydrogen (secondary N) is 1. The van der Waals surface area contributed by atoms with Gasteiger partial charge >= 0.3 is 0 Å². The second-order valence-electron chi connectivity index (χ2n) is 3.92. The zero-order valence-corrected chi connectivity index (χ0v) is 10.0. The Labute approximate surface area is 97.2 Å². The lowest BCUT2D eigenvalue weighted by atomic mass is 10.3. The third-order valence-corrected chi connectivity index (χ3v) is 2.86. The van der Waals surface area contributed by atoms with Gasteiger partial charge < -0.3 is 5.32 Å². The van der Waals surface area contributed by atoms with Gasteiger partial charge in [0.1, 0.15) is 0 Å². The lowest BCUT2D eigenvalue weighted by Gasteiger charge is -2.03. The molecule has 1 heterocycles. The summed E-state index contributed by atoms with van der Waals surface area (Å²) in [5, 5.41) is 7.01. The Kier molecular flexibility index (Phi) is 3.41. The zero-order valence-electron chi connectivity index (χ0n) is 8.45. The summed E-state index contributed by atoms with van der Waals surface area (Å²) < 4.78 is 2.71. The molecule has 4 nitrogen and oxygen atoms in total. The molecular formula is C10H14BrN3O. The number of aryl methyl sites for hydroxylation is 1. The summed E-state index contributed by atoms with van der Waals surface area (Å²) in [6.45, 7) is 1.49. The van der Waals surface area contributed by atoms with E-state index in [1.54, 1.807) is 10.9 Å². The predicted octanol–water partition coefficient (Wildman–Crippen LogP) is 1.56. The van der Waals surface area contributed by atoms with Gasteiger partial charge in [-0.2, -0.15) is 5.10 Å². The summed E-state index contributed by atoms with van der Waals surface area (Å²) in [5.41, 5.74) is 0. The third kappa shape index (κ3) is 3.66. The van der Waals surface area contributed by atoms with Crippen molar-refractivity contribution in [3.05, 3.63) is 16.9 Å². The molecule has 0 bridgehead atoms. The van der Waals surface area contributed by atoms with E-state index in [-0.39, 0.29) is 5.91 Å². The van der Waals surface area contributed by atoms with Crippen LogP contribution in [0.2, 0.25) is 0 Å². The SMILES string of the molecule is O=C(CCn1cc(Br)cn1)NCC1CC1. The highest BCUT2D eigenvalue weighted by Crippen LogP contribution is 2.27. The summed E-state index contributed by atoms with van der Waals surface area (Å²) in [7, 11) is 0. The topological polar surface area (TPSA) is 46.9 Å². The number of nitrogens with zero attached hydrogens (tertiary/aromatic N) is 2. The largest absolute Gasteiger partial charge is 0.356 e. The van der Waals surface area contributed by atoms with Crippen LogP contribution >= 0.6 is 15.9 Å². The number of rotatable bonds is 5. The maximum Gasteiger partial charge on any atom is 0.221 e. The Balaban J connectivity index is 1.65. The number of amides is 1. The van der Waals surface area contributed by atoms with Crippen molar-refractivity contribution in [3.63, 3.8) is 0 Å². The van der Waals surface area contributed by atoms with Crippen LogP contribution in [0.1, 0.15) is 19.3 Å². The molecular weight excluding hydrogens is 258 g/mol. The number of halogens is 1. The number of aromatic nitrogens is 2. The van der Waals surface area contributed by atoms with Crippen LogP contribution < -0.4 is 5.32 Å². The van der Waals surface area contributed by atoms with Crippen molar-refractivity contribution in [1.29, 1.82) is 0 Å². The Morgan fingerprint density at radius 2 is 2.47 bits per heavy atom. The summed E-state index contributed by atoms with van der Waals surface area (Å²) >= 11 is 3.31. The van der Waals surface area contributed by atoms with Crippen LogP contribution in [0.5, 0.6) is 0 Å². The molecule has 0 saturated heterocycles. The van der Waals surface area contributed by atoms with E-state index in [4.69, 9.17) is 0 Å². The Bertz CT molecular complexity index is 346. The molecule has 0 aromatic carbocycles. The summed E-state index contributed by atoms with van der Waals surface area (Å²) in [6.07, 6.45) is 6.63. The molecule has 1 aliphatic carbocycles. The standard InChI is InChI=1S/C10H14BrN3O/c11-9-6-13-14(7-9)4-3-10(15)12-5-8-1-2-8/h6-8H,1-5H2,(H,12,15). The van der Waals surface area contributed by atoms with Crippen LogP contribution in [0.25, 0.3) is 0 Å². The first-order valence-electron chi connectivity index (χ1n) is 5.18. The van der Waals surface area contributed by atoms with Crippen molar-refractivity contribution < 1.29 is 4.79 Å². The van der Waals surface area contributed by atoms with Gasteiger partial charge in [-0.05, 0) is 34.7 Å². The second kappa shape index (κ2) is 4.79. The molecule has 1 saturated carbocycles. The van der Waals surface area contributed by atoms with E-state index in [9.17, 15) is 4.79 Å². The number of hydrogen-bond acceptors (Lipinski definition) is 2. The highest BCUT2D eigenvalue weighted by Gasteiger charge is 2.21. The fourth-order valence-electron chi connectivity index (χ4n) is 1.35. The first-order chi connectivity index (χ1) is 7.24.